The first kappa shape index (κ1) is 12.0. The Kier molecular flexibility index (Phi) is 3.71. The van der Waals surface area contributed by atoms with Crippen LogP contribution in [0.3, 0.4) is 0 Å². The summed E-state index contributed by atoms with van der Waals surface area (Å²) in [6, 6.07) is 5.68. The third-order valence-electron chi connectivity index (χ3n) is 2.15. The summed E-state index contributed by atoms with van der Waals surface area (Å²) in [7, 11) is 3.93. The highest BCUT2D eigenvalue weighted by Gasteiger charge is 2.06. The Morgan fingerprint density at radius 3 is 2.71 bits per heavy atom. The summed E-state index contributed by atoms with van der Waals surface area (Å²) in [5.41, 5.74) is 1.70. The van der Waals surface area contributed by atoms with E-state index in [4.69, 9.17) is 11.6 Å². The highest BCUT2D eigenvalue weighted by Crippen LogP contribution is 2.30. The predicted octanol–water partition coefficient (Wildman–Crippen LogP) is 3.70. The maximum absolute atomic E-state index is 6.13. The average molecular weight is 268 g/mol. The van der Waals surface area contributed by atoms with E-state index in [1.807, 2.05) is 48.8 Å². The second-order valence-electron chi connectivity index (χ2n) is 3.60. The number of azo groups is 1. The fourth-order valence-electron chi connectivity index (χ4n) is 1.24. The Bertz CT molecular complexity index is 522. The standard InChI is InChI=1S/C11H11ClN4S/c1-16(2)8-3-4-10(9(12)7-8)14-15-11-13-5-6-17-11/h3-7H,1-2H3/p+1. The predicted molar refractivity (Wildman–Crippen MR) is 70.8 cm³/mol. The van der Waals surface area contributed by atoms with Crippen molar-refractivity contribution in [2.75, 3.05) is 19.0 Å². The summed E-state index contributed by atoms with van der Waals surface area (Å²) in [5.74, 6) is 0. The van der Waals surface area contributed by atoms with E-state index < -0.39 is 0 Å². The summed E-state index contributed by atoms with van der Waals surface area (Å²) in [6.45, 7) is 0. The molecule has 0 aliphatic carbocycles. The number of nitrogens with zero attached hydrogens (tertiary/aromatic N) is 3. The molecule has 0 aliphatic rings. The van der Waals surface area contributed by atoms with Crippen molar-refractivity contribution in [1.82, 2.24) is 0 Å². The van der Waals surface area contributed by atoms with Gasteiger partial charge in [0.1, 0.15) is 5.69 Å². The van der Waals surface area contributed by atoms with Crippen LogP contribution in [0.25, 0.3) is 0 Å². The number of aromatic amines is 1. The molecule has 0 bridgehead atoms. The zero-order valence-electron chi connectivity index (χ0n) is 9.51. The van der Waals surface area contributed by atoms with Crippen molar-refractivity contribution in [2.24, 2.45) is 10.2 Å². The van der Waals surface area contributed by atoms with Crippen LogP contribution < -0.4 is 9.88 Å². The molecule has 0 aliphatic heterocycles. The van der Waals surface area contributed by atoms with Gasteiger partial charge in [-0.15, -0.1) is 0 Å². The summed E-state index contributed by atoms with van der Waals surface area (Å²) in [5, 5.41) is 11.4. The van der Waals surface area contributed by atoms with Gasteiger partial charge in [-0.3, -0.25) is 0 Å². The van der Waals surface area contributed by atoms with Crippen LogP contribution in [0.5, 0.6) is 0 Å². The van der Waals surface area contributed by atoms with Crippen LogP contribution in [0.4, 0.5) is 16.5 Å². The molecular weight excluding hydrogens is 256 g/mol. The molecule has 0 atom stereocenters. The van der Waals surface area contributed by atoms with E-state index in [2.05, 4.69) is 15.2 Å². The lowest BCUT2D eigenvalue weighted by molar-refractivity contribution is -0.356. The van der Waals surface area contributed by atoms with Crippen molar-refractivity contribution < 1.29 is 4.98 Å². The number of benzene rings is 1. The van der Waals surface area contributed by atoms with Gasteiger partial charge >= 0.3 is 5.13 Å². The first-order chi connectivity index (χ1) is 8.16. The number of thiazole rings is 1. The van der Waals surface area contributed by atoms with E-state index >= 15 is 0 Å². The van der Waals surface area contributed by atoms with Gasteiger partial charge in [0.05, 0.1) is 16.3 Å². The molecule has 0 saturated carbocycles. The maximum atomic E-state index is 6.13. The molecule has 2 rings (SSSR count). The van der Waals surface area contributed by atoms with Gasteiger partial charge in [0.25, 0.3) is 0 Å². The van der Waals surface area contributed by atoms with Crippen molar-refractivity contribution >= 4 is 39.4 Å². The molecule has 17 heavy (non-hydrogen) atoms. The molecule has 1 aromatic carbocycles. The second kappa shape index (κ2) is 5.25. The molecule has 0 spiro atoms. The van der Waals surface area contributed by atoms with E-state index in [0.717, 1.165) is 10.8 Å². The van der Waals surface area contributed by atoms with Crippen molar-refractivity contribution in [3.05, 3.63) is 34.8 Å². The molecule has 88 valence electrons. The smallest absolute Gasteiger partial charge is 0.378 e. The highest BCUT2D eigenvalue weighted by atomic mass is 35.5. The SMILES string of the molecule is CN(C)c1ccc(N=Nc2[nH+]ccs2)c(Cl)c1. The minimum Gasteiger partial charge on any atom is -0.378 e. The van der Waals surface area contributed by atoms with Crippen LogP contribution in [0, 0.1) is 0 Å². The number of halogens is 1. The molecular formula is C11H12ClN4S+. The van der Waals surface area contributed by atoms with Gasteiger partial charge in [0, 0.05) is 25.2 Å². The van der Waals surface area contributed by atoms with Crippen LogP contribution in [-0.2, 0) is 0 Å². The van der Waals surface area contributed by atoms with E-state index in [9.17, 15) is 0 Å². The van der Waals surface area contributed by atoms with Gasteiger partial charge in [-0.2, -0.15) is 0 Å². The van der Waals surface area contributed by atoms with Crippen molar-refractivity contribution in [3.8, 4) is 0 Å². The number of rotatable bonds is 3. The van der Waals surface area contributed by atoms with Crippen molar-refractivity contribution in [2.45, 2.75) is 0 Å². The lowest BCUT2D eigenvalue weighted by Gasteiger charge is -2.12. The summed E-state index contributed by atoms with van der Waals surface area (Å²) < 4.78 is 0. The molecule has 0 amide bonds. The second-order valence-corrected chi connectivity index (χ2v) is 4.90. The molecule has 0 radical (unpaired) electrons. The number of H-pyrrole nitrogens is 1. The first-order valence-electron chi connectivity index (χ1n) is 5.00. The lowest BCUT2D eigenvalue weighted by atomic mass is 10.3. The van der Waals surface area contributed by atoms with Gasteiger partial charge in [-0.05, 0) is 34.7 Å². The van der Waals surface area contributed by atoms with E-state index in [-0.39, 0.29) is 0 Å². The normalized spacial score (nSPS) is 11.0. The molecule has 1 aromatic heterocycles. The number of hydrogen-bond acceptors (Lipinski definition) is 4. The number of nitrogens with one attached hydrogen (secondary N) is 1. The van der Waals surface area contributed by atoms with Crippen molar-refractivity contribution in [3.63, 3.8) is 0 Å². The Morgan fingerprint density at radius 2 is 2.12 bits per heavy atom. The Hall–Kier alpha value is -1.46. The van der Waals surface area contributed by atoms with Crippen molar-refractivity contribution in [1.29, 1.82) is 0 Å². The van der Waals surface area contributed by atoms with Crippen LogP contribution in [0.2, 0.25) is 5.02 Å². The first-order valence-corrected chi connectivity index (χ1v) is 6.26. The van der Waals surface area contributed by atoms with Crippen LogP contribution in [0.15, 0.2) is 40.0 Å². The van der Waals surface area contributed by atoms with Crippen LogP contribution in [-0.4, -0.2) is 14.1 Å². The highest BCUT2D eigenvalue weighted by molar-refractivity contribution is 7.12. The summed E-state index contributed by atoms with van der Waals surface area (Å²) in [4.78, 5) is 4.95. The Labute approximate surface area is 109 Å². The fourth-order valence-corrected chi connectivity index (χ4v) is 1.95. The molecule has 2 aromatic rings. The van der Waals surface area contributed by atoms with E-state index in [0.29, 0.717) is 10.7 Å². The molecule has 1 heterocycles. The van der Waals surface area contributed by atoms with Gasteiger partial charge in [0.15, 0.2) is 0 Å². The maximum Gasteiger partial charge on any atom is 0.406 e. The minimum atomic E-state index is 0.594. The largest absolute Gasteiger partial charge is 0.406 e. The fraction of sp³-hybridized carbons (Fsp3) is 0.182. The molecule has 0 saturated heterocycles. The summed E-state index contributed by atoms with van der Waals surface area (Å²) >= 11 is 7.62. The zero-order valence-corrected chi connectivity index (χ0v) is 11.1. The van der Waals surface area contributed by atoms with E-state index in [1.54, 1.807) is 0 Å². The third-order valence-corrected chi connectivity index (χ3v) is 3.15. The molecule has 4 nitrogen and oxygen atoms in total. The average Bonchev–Trinajstić information content (AvgIpc) is 2.80. The van der Waals surface area contributed by atoms with Gasteiger partial charge in [0.2, 0.25) is 0 Å². The topological polar surface area (TPSA) is 42.1 Å². The molecule has 0 fully saturated rings. The zero-order chi connectivity index (χ0) is 12.3. The Balaban J connectivity index is 2.22. The van der Waals surface area contributed by atoms with Gasteiger partial charge < -0.3 is 4.90 Å². The van der Waals surface area contributed by atoms with Crippen LogP contribution in [0.1, 0.15) is 0 Å². The summed E-state index contributed by atoms with van der Waals surface area (Å²) in [6.07, 6.45) is 1.82. The number of hydrogen-bond donors (Lipinski definition) is 0. The monoisotopic (exact) mass is 267 g/mol. The minimum absolute atomic E-state index is 0.594. The number of aromatic nitrogens is 1. The van der Waals surface area contributed by atoms with Gasteiger partial charge in [-0.1, -0.05) is 11.6 Å². The molecule has 1 N–H and O–H groups in total. The van der Waals surface area contributed by atoms with E-state index in [1.165, 1.54) is 11.3 Å². The molecule has 6 heteroatoms. The molecule has 0 unspecified atom stereocenters. The lowest BCUT2D eigenvalue weighted by Crippen LogP contribution is -2.07. The van der Waals surface area contributed by atoms with Gasteiger partial charge in [-0.25, -0.2) is 4.98 Å². The quantitative estimate of drug-likeness (QED) is 0.782. The number of anilines is 1. The van der Waals surface area contributed by atoms with Crippen LogP contribution >= 0.6 is 22.9 Å². The Morgan fingerprint density at radius 1 is 1.29 bits per heavy atom. The third kappa shape index (κ3) is 3.01.